The average Bonchev–Trinajstić information content (AvgIpc) is 3.07. The summed E-state index contributed by atoms with van der Waals surface area (Å²) in [6, 6.07) is 2.82. The Bertz CT molecular complexity index is 587. The van der Waals surface area contributed by atoms with E-state index < -0.39 is 0 Å². The van der Waals surface area contributed by atoms with Crippen molar-refractivity contribution in [3.63, 3.8) is 0 Å². The van der Waals surface area contributed by atoms with Gasteiger partial charge in [0, 0.05) is 17.5 Å². The lowest BCUT2D eigenvalue weighted by Crippen LogP contribution is -2.16. The molecule has 2 N–H and O–H groups in total. The first-order valence-electron chi connectivity index (χ1n) is 7.61. The van der Waals surface area contributed by atoms with E-state index in [1.165, 1.54) is 35.9 Å². The van der Waals surface area contributed by atoms with E-state index in [4.69, 9.17) is 0 Å². The van der Waals surface area contributed by atoms with Crippen LogP contribution in [-0.2, 0) is 6.42 Å². The molecule has 2 aromatic heterocycles. The van der Waals surface area contributed by atoms with Crippen molar-refractivity contribution in [3.05, 3.63) is 10.9 Å². The molecule has 2 aromatic rings. The Hall–Kier alpha value is -1.36. The lowest BCUT2D eigenvalue weighted by molar-refractivity contribution is 0.752. The number of aromatic nitrogens is 2. The molecule has 0 unspecified atom stereocenters. The van der Waals surface area contributed by atoms with Crippen molar-refractivity contribution < 1.29 is 0 Å². The van der Waals surface area contributed by atoms with Gasteiger partial charge in [-0.15, -0.1) is 11.3 Å². The van der Waals surface area contributed by atoms with Gasteiger partial charge in [0.25, 0.3) is 0 Å². The maximum absolute atomic E-state index is 4.68. The third-order valence-electron chi connectivity index (χ3n) is 3.82. The van der Waals surface area contributed by atoms with Gasteiger partial charge in [-0.05, 0) is 32.3 Å². The van der Waals surface area contributed by atoms with Crippen LogP contribution in [0.4, 0.5) is 11.8 Å². The van der Waals surface area contributed by atoms with E-state index in [0.29, 0.717) is 6.04 Å². The van der Waals surface area contributed by atoms with Crippen LogP contribution >= 0.6 is 11.3 Å². The second kappa shape index (κ2) is 5.95. The molecule has 5 heteroatoms. The molecule has 0 amide bonds. The molecule has 0 aliphatic heterocycles. The summed E-state index contributed by atoms with van der Waals surface area (Å²) >= 11 is 1.78. The van der Waals surface area contributed by atoms with Crippen LogP contribution in [0.5, 0.6) is 0 Å². The minimum absolute atomic E-state index is 0.576. The highest BCUT2D eigenvalue weighted by atomic mass is 32.1. The van der Waals surface area contributed by atoms with Crippen molar-refractivity contribution in [3.8, 4) is 0 Å². The lowest BCUT2D eigenvalue weighted by atomic mass is 10.2. The van der Waals surface area contributed by atoms with Gasteiger partial charge in [-0.1, -0.05) is 19.8 Å². The Morgan fingerprint density at radius 2 is 2.05 bits per heavy atom. The number of aryl methyl sites for hydroxylation is 1. The highest BCUT2D eigenvalue weighted by Crippen LogP contribution is 2.32. The van der Waals surface area contributed by atoms with E-state index in [9.17, 15) is 0 Å². The molecule has 4 nitrogen and oxygen atoms in total. The van der Waals surface area contributed by atoms with Crippen LogP contribution in [0.3, 0.4) is 0 Å². The Balaban J connectivity index is 1.98. The summed E-state index contributed by atoms with van der Waals surface area (Å²) in [7, 11) is 0. The molecule has 1 aliphatic rings. The lowest BCUT2D eigenvalue weighted by Gasteiger charge is -2.14. The second-order valence-corrected chi connectivity index (χ2v) is 6.45. The van der Waals surface area contributed by atoms with Gasteiger partial charge in [0.2, 0.25) is 5.95 Å². The van der Waals surface area contributed by atoms with Crippen molar-refractivity contribution in [2.45, 2.75) is 52.0 Å². The molecule has 0 bridgehead atoms. The van der Waals surface area contributed by atoms with E-state index in [1.807, 2.05) is 0 Å². The van der Waals surface area contributed by atoms with Gasteiger partial charge in [0.05, 0.1) is 5.39 Å². The van der Waals surface area contributed by atoms with Crippen LogP contribution in [0.15, 0.2) is 6.07 Å². The minimum atomic E-state index is 0.576. The summed E-state index contributed by atoms with van der Waals surface area (Å²) in [5, 5.41) is 8.05. The highest BCUT2D eigenvalue weighted by molar-refractivity contribution is 7.18. The minimum Gasteiger partial charge on any atom is -0.367 e. The van der Waals surface area contributed by atoms with Crippen molar-refractivity contribution in [2.75, 3.05) is 17.2 Å². The van der Waals surface area contributed by atoms with Gasteiger partial charge in [-0.3, -0.25) is 0 Å². The van der Waals surface area contributed by atoms with E-state index in [2.05, 4.69) is 40.5 Å². The third kappa shape index (κ3) is 2.73. The van der Waals surface area contributed by atoms with Crippen LogP contribution < -0.4 is 10.6 Å². The molecule has 2 heterocycles. The Morgan fingerprint density at radius 3 is 2.75 bits per heavy atom. The number of fused-ring (bicyclic) bond motifs is 1. The Kier molecular flexibility index (Phi) is 4.05. The molecule has 0 radical (unpaired) electrons. The van der Waals surface area contributed by atoms with Gasteiger partial charge in [-0.2, -0.15) is 4.98 Å². The van der Waals surface area contributed by atoms with Crippen LogP contribution in [0.2, 0.25) is 0 Å². The van der Waals surface area contributed by atoms with Crippen LogP contribution in [-0.4, -0.2) is 22.6 Å². The standard InChI is InChI=1S/C15H22N4S/c1-3-11-9-12-13(17-10-7-5-6-8-10)18-15(16-4-2)19-14(12)20-11/h9-10H,3-8H2,1-2H3,(H2,16,17,18,19). The molecule has 3 rings (SSSR count). The van der Waals surface area contributed by atoms with Gasteiger partial charge in [-0.25, -0.2) is 4.98 Å². The quantitative estimate of drug-likeness (QED) is 0.872. The first-order chi connectivity index (χ1) is 9.80. The van der Waals surface area contributed by atoms with E-state index in [-0.39, 0.29) is 0 Å². The van der Waals surface area contributed by atoms with Crippen molar-refractivity contribution >= 4 is 33.3 Å². The maximum Gasteiger partial charge on any atom is 0.226 e. The van der Waals surface area contributed by atoms with Gasteiger partial charge >= 0.3 is 0 Å². The summed E-state index contributed by atoms with van der Waals surface area (Å²) < 4.78 is 0. The zero-order chi connectivity index (χ0) is 13.9. The summed E-state index contributed by atoms with van der Waals surface area (Å²) in [5.74, 6) is 1.75. The number of nitrogens with one attached hydrogen (secondary N) is 2. The normalized spacial score (nSPS) is 15.9. The highest BCUT2D eigenvalue weighted by Gasteiger charge is 2.18. The number of hydrogen-bond donors (Lipinski definition) is 2. The molecular formula is C15H22N4S. The van der Waals surface area contributed by atoms with Gasteiger partial charge in [0.15, 0.2) is 0 Å². The van der Waals surface area contributed by atoms with Crippen LogP contribution in [0.25, 0.3) is 10.2 Å². The van der Waals surface area contributed by atoms with Crippen LogP contribution in [0.1, 0.15) is 44.4 Å². The molecule has 0 aromatic carbocycles. The summed E-state index contributed by atoms with van der Waals surface area (Å²) in [4.78, 5) is 11.8. The number of nitrogens with zero attached hydrogens (tertiary/aromatic N) is 2. The summed E-state index contributed by atoms with van der Waals surface area (Å²) in [5.41, 5.74) is 0. The third-order valence-corrected chi connectivity index (χ3v) is 5.00. The summed E-state index contributed by atoms with van der Waals surface area (Å²) in [6.45, 7) is 5.11. The van der Waals surface area contributed by atoms with E-state index in [1.54, 1.807) is 11.3 Å². The number of anilines is 2. The fraction of sp³-hybridized carbons (Fsp3) is 0.600. The van der Waals surface area contributed by atoms with Crippen LogP contribution in [0, 0.1) is 0 Å². The number of thiophene rings is 1. The molecule has 0 saturated heterocycles. The maximum atomic E-state index is 4.68. The molecule has 108 valence electrons. The van der Waals surface area contributed by atoms with Gasteiger partial charge < -0.3 is 10.6 Å². The average molecular weight is 290 g/mol. The first-order valence-corrected chi connectivity index (χ1v) is 8.42. The largest absolute Gasteiger partial charge is 0.367 e. The zero-order valence-corrected chi connectivity index (χ0v) is 13.0. The molecule has 0 atom stereocenters. The molecule has 1 saturated carbocycles. The SMILES string of the molecule is CCNc1nc(NC2CCCC2)c2cc(CC)sc2n1. The molecule has 20 heavy (non-hydrogen) atoms. The number of rotatable bonds is 5. The molecule has 1 fully saturated rings. The predicted molar refractivity (Wildman–Crippen MR) is 86.8 cm³/mol. The number of hydrogen-bond acceptors (Lipinski definition) is 5. The molecule has 1 aliphatic carbocycles. The van der Waals surface area contributed by atoms with E-state index in [0.717, 1.165) is 29.6 Å². The van der Waals surface area contributed by atoms with Crippen molar-refractivity contribution in [2.24, 2.45) is 0 Å². The fourth-order valence-electron chi connectivity index (χ4n) is 2.76. The van der Waals surface area contributed by atoms with E-state index >= 15 is 0 Å². The fourth-order valence-corrected chi connectivity index (χ4v) is 3.72. The predicted octanol–water partition coefficient (Wildman–Crippen LogP) is 4.04. The Morgan fingerprint density at radius 1 is 1.25 bits per heavy atom. The second-order valence-electron chi connectivity index (χ2n) is 5.34. The van der Waals surface area contributed by atoms with Crippen molar-refractivity contribution in [1.29, 1.82) is 0 Å². The topological polar surface area (TPSA) is 49.8 Å². The van der Waals surface area contributed by atoms with Gasteiger partial charge in [0.1, 0.15) is 10.6 Å². The smallest absolute Gasteiger partial charge is 0.226 e. The monoisotopic (exact) mass is 290 g/mol. The first kappa shape index (κ1) is 13.6. The summed E-state index contributed by atoms with van der Waals surface area (Å²) in [6.07, 6.45) is 6.23. The Labute approximate surface area is 124 Å². The molecule has 0 spiro atoms. The van der Waals surface area contributed by atoms with Crippen molar-refractivity contribution in [1.82, 2.24) is 9.97 Å². The zero-order valence-electron chi connectivity index (χ0n) is 12.2. The molecular weight excluding hydrogens is 268 g/mol.